The van der Waals surface area contributed by atoms with Crippen LogP contribution in [0.25, 0.3) is 0 Å². The molecule has 2 aromatic rings. The van der Waals surface area contributed by atoms with Gasteiger partial charge in [0.1, 0.15) is 6.10 Å². The van der Waals surface area contributed by atoms with Gasteiger partial charge in [-0.3, -0.25) is 9.89 Å². The zero-order valence-electron chi connectivity index (χ0n) is 16.7. The second kappa shape index (κ2) is 8.14. The summed E-state index contributed by atoms with van der Waals surface area (Å²) in [6.45, 7) is 3.83. The normalized spacial score (nSPS) is 20.9. The SMILES string of the molecule is CC(C)NC(=O)O[C@@H]1CC[C@H](c2cc(Nc3ccc4c(c3)CCC(=O)N4)n[nH]2)C1. The molecule has 0 unspecified atom stereocenters. The summed E-state index contributed by atoms with van der Waals surface area (Å²) in [5, 5.41) is 16.5. The first-order chi connectivity index (χ1) is 14.0. The number of carbonyl (C=O) groups is 2. The zero-order valence-corrected chi connectivity index (χ0v) is 16.7. The van der Waals surface area contributed by atoms with E-state index in [0.29, 0.717) is 12.3 Å². The molecule has 2 amide bonds. The lowest BCUT2D eigenvalue weighted by Gasteiger charge is -2.17. The third kappa shape index (κ3) is 4.70. The third-order valence-electron chi connectivity index (χ3n) is 5.38. The highest BCUT2D eigenvalue weighted by Crippen LogP contribution is 2.36. The summed E-state index contributed by atoms with van der Waals surface area (Å²) in [6, 6.07) is 7.99. The smallest absolute Gasteiger partial charge is 0.407 e. The first kappa shape index (κ1) is 19.3. The third-order valence-corrected chi connectivity index (χ3v) is 5.38. The van der Waals surface area contributed by atoms with E-state index in [1.807, 2.05) is 32.0 Å². The minimum absolute atomic E-state index is 0.0608. The van der Waals surface area contributed by atoms with E-state index < -0.39 is 0 Å². The Labute approximate surface area is 169 Å². The second-order valence-electron chi connectivity index (χ2n) is 8.09. The predicted octanol–water partition coefficient (Wildman–Crippen LogP) is 3.81. The van der Waals surface area contributed by atoms with Crippen LogP contribution in [0.2, 0.25) is 0 Å². The molecule has 0 spiro atoms. The Kier molecular flexibility index (Phi) is 5.42. The van der Waals surface area contributed by atoms with Gasteiger partial charge in [-0.1, -0.05) is 0 Å². The van der Waals surface area contributed by atoms with Crippen LogP contribution in [-0.2, 0) is 16.0 Å². The molecule has 0 saturated heterocycles. The van der Waals surface area contributed by atoms with Crippen LogP contribution in [0.4, 0.5) is 22.0 Å². The van der Waals surface area contributed by atoms with E-state index in [0.717, 1.165) is 54.1 Å². The second-order valence-corrected chi connectivity index (χ2v) is 8.09. The van der Waals surface area contributed by atoms with E-state index in [1.54, 1.807) is 0 Å². The van der Waals surface area contributed by atoms with Crippen LogP contribution in [0.3, 0.4) is 0 Å². The van der Waals surface area contributed by atoms with Crippen LogP contribution in [0.1, 0.15) is 56.7 Å². The molecule has 2 aliphatic rings. The van der Waals surface area contributed by atoms with E-state index in [1.165, 1.54) is 0 Å². The summed E-state index contributed by atoms with van der Waals surface area (Å²) in [6.07, 6.45) is 3.47. The molecule has 4 rings (SSSR count). The van der Waals surface area contributed by atoms with Crippen molar-refractivity contribution >= 4 is 29.2 Å². The lowest BCUT2D eigenvalue weighted by atomic mass is 10.0. The molecular formula is C21H27N5O3. The highest BCUT2D eigenvalue weighted by atomic mass is 16.6. The summed E-state index contributed by atoms with van der Waals surface area (Å²) in [5.41, 5.74) is 4.00. The fourth-order valence-electron chi connectivity index (χ4n) is 3.97. The lowest BCUT2D eigenvalue weighted by Crippen LogP contribution is -2.33. The summed E-state index contributed by atoms with van der Waals surface area (Å²) in [5.74, 6) is 1.12. The molecule has 4 N–H and O–H groups in total. The van der Waals surface area contributed by atoms with Gasteiger partial charge >= 0.3 is 6.09 Å². The van der Waals surface area contributed by atoms with E-state index in [-0.39, 0.29) is 24.1 Å². The molecule has 1 aromatic carbocycles. The molecule has 1 saturated carbocycles. The molecule has 29 heavy (non-hydrogen) atoms. The van der Waals surface area contributed by atoms with Crippen LogP contribution in [-0.4, -0.2) is 34.3 Å². The maximum Gasteiger partial charge on any atom is 0.407 e. The highest BCUT2D eigenvalue weighted by molar-refractivity contribution is 5.94. The van der Waals surface area contributed by atoms with Crippen LogP contribution in [0, 0.1) is 0 Å². The number of nitrogens with zero attached hydrogens (tertiary/aromatic N) is 1. The zero-order chi connectivity index (χ0) is 20.4. The highest BCUT2D eigenvalue weighted by Gasteiger charge is 2.30. The topological polar surface area (TPSA) is 108 Å². The summed E-state index contributed by atoms with van der Waals surface area (Å²) in [4.78, 5) is 23.3. The number of hydrogen-bond acceptors (Lipinski definition) is 5. The summed E-state index contributed by atoms with van der Waals surface area (Å²) >= 11 is 0. The number of aryl methyl sites for hydroxylation is 1. The number of fused-ring (bicyclic) bond motifs is 1. The van der Waals surface area contributed by atoms with Gasteiger partial charge in [-0.05, 0) is 63.3 Å². The molecule has 1 fully saturated rings. The molecule has 154 valence electrons. The predicted molar refractivity (Wildman–Crippen MR) is 110 cm³/mol. The number of hydrogen-bond donors (Lipinski definition) is 4. The molecule has 8 heteroatoms. The van der Waals surface area contributed by atoms with Gasteiger partial charge in [0.15, 0.2) is 5.82 Å². The number of rotatable bonds is 5. The molecule has 2 atom stereocenters. The van der Waals surface area contributed by atoms with E-state index in [9.17, 15) is 9.59 Å². The van der Waals surface area contributed by atoms with E-state index in [2.05, 4.69) is 32.2 Å². The Morgan fingerprint density at radius 3 is 2.93 bits per heavy atom. The molecular weight excluding hydrogens is 370 g/mol. The van der Waals surface area contributed by atoms with Gasteiger partial charge in [0, 0.05) is 41.5 Å². The molecule has 2 heterocycles. The summed E-state index contributed by atoms with van der Waals surface area (Å²) in [7, 11) is 0. The number of carbonyl (C=O) groups excluding carboxylic acids is 2. The number of anilines is 3. The number of aromatic nitrogens is 2. The Balaban J connectivity index is 1.34. The van der Waals surface area contributed by atoms with Gasteiger partial charge in [-0.15, -0.1) is 0 Å². The largest absolute Gasteiger partial charge is 0.446 e. The Hall–Kier alpha value is -3.03. The van der Waals surface area contributed by atoms with Crippen molar-refractivity contribution in [3.8, 4) is 0 Å². The number of ether oxygens (including phenoxy) is 1. The van der Waals surface area contributed by atoms with E-state index in [4.69, 9.17) is 4.74 Å². The number of H-pyrrole nitrogens is 1. The maximum absolute atomic E-state index is 11.8. The van der Waals surface area contributed by atoms with E-state index >= 15 is 0 Å². The average molecular weight is 397 g/mol. The van der Waals surface area contributed by atoms with Crippen molar-refractivity contribution in [1.29, 1.82) is 0 Å². The maximum atomic E-state index is 11.8. The lowest BCUT2D eigenvalue weighted by molar-refractivity contribution is -0.116. The number of alkyl carbamates (subject to hydrolysis) is 1. The van der Waals surface area contributed by atoms with Crippen molar-refractivity contribution in [2.45, 2.75) is 64.0 Å². The van der Waals surface area contributed by atoms with Gasteiger partial charge in [-0.25, -0.2) is 4.79 Å². The molecule has 8 nitrogen and oxygen atoms in total. The minimum Gasteiger partial charge on any atom is -0.446 e. The minimum atomic E-state index is -0.346. The molecule has 1 aliphatic carbocycles. The van der Waals surface area contributed by atoms with Gasteiger partial charge < -0.3 is 20.7 Å². The Bertz CT molecular complexity index is 907. The molecule has 0 radical (unpaired) electrons. The van der Waals surface area contributed by atoms with Crippen molar-refractivity contribution in [3.05, 3.63) is 35.5 Å². The van der Waals surface area contributed by atoms with Crippen LogP contribution in [0.5, 0.6) is 0 Å². The molecule has 1 aromatic heterocycles. The van der Waals surface area contributed by atoms with Crippen molar-refractivity contribution in [2.75, 3.05) is 10.6 Å². The van der Waals surface area contributed by atoms with Gasteiger partial charge in [0.25, 0.3) is 0 Å². The fourth-order valence-corrected chi connectivity index (χ4v) is 3.97. The monoisotopic (exact) mass is 397 g/mol. The number of aromatic amines is 1. The van der Waals surface area contributed by atoms with Crippen molar-refractivity contribution in [1.82, 2.24) is 15.5 Å². The number of benzene rings is 1. The quantitative estimate of drug-likeness (QED) is 0.614. The Morgan fingerprint density at radius 1 is 1.24 bits per heavy atom. The standard InChI is InChI=1S/C21H27N5O3/c1-12(2)22-21(28)29-16-6-3-14(10-16)18-11-19(26-25-18)23-15-5-7-17-13(9-15)4-8-20(27)24-17/h5,7,9,11-12,14,16H,3-4,6,8,10H2,1-2H3,(H,22,28)(H,24,27)(H2,23,25,26)/t14-,16+/m0/s1. The number of amides is 2. The van der Waals surface area contributed by atoms with Crippen LogP contribution >= 0.6 is 0 Å². The Morgan fingerprint density at radius 2 is 2.10 bits per heavy atom. The van der Waals surface area contributed by atoms with Crippen molar-refractivity contribution < 1.29 is 14.3 Å². The van der Waals surface area contributed by atoms with Crippen molar-refractivity contribution in [3.63, 3.8) is 0 Å². The first-order valence-electron chi connectivity index (χ1n) is 10.2. The summed E-state index contributed by atoms with van der Waals surface area (Å²) < 4.78 is 5.51. The van der Waals surface area contributed by atoms with Gasteiger partial charge in [0.05, 0.1) is 0 Å². The van der Waals surface area contributed by atoms with Crippen molar-refractivity contribution in [2.24, 2.45) is 0 Å². The first-order valence-corrected chi connectivity index (χ1v) is 10.2. The fraction of sp³-hybridized carbons (Fsp3) is 0.476. The van der Waals surface area contributed by atoms with Crippen LogP contribution < -0.4 is 16.0 Å². The molecule has 0 bridgehead atoms. The molecule has 1 aliphatic heterocycles. The van der Waals surface area contributed by atoms with Gasteiger partial charge in [-0.2, -0.15) is 5.10 Å². The van der Waals surface area contributed by atoms with Crippen LogP contribution in [0.15, 0.2) is 24.3 Å². The average Bonchev–Trinajstić information content (AvgIpc) is 3.30. The number of nitrogens with one attached hydrogen (secondary N) is 4. The van der Waals surface area contributed by atoms with Gasteiger partial charge in [0.2, 0.25) is 5.91 Å².